The maximum Gasteiger partial charge on any atom is 0.316 e. The van der Waals surface area contributed by atoms with Crippen LogP contribution in [0.25, 0.3) is 0 Å². The summed E-state index contributed by atoms with van der Waals surface area (Å²) in [5.74, 6) is 0.282. The van der Waals surface area contributed by atoms with Gasteiger partial charge in [0.1, 0.15) is 11.7 Å². The van der Waals surface area contributed by atoms with Gasteiger partial charge in [0.2, 0.25) is 0 Å². The molecule has 0 fully saturated rings. The van der Waals surface area contributed by atoms with Crippen LogP contribution >= 0.6 is 0 Å². The second-order valence-electron chi connectivity index (χ2n) is 3.48. The summed E-state index contributed by atoms with van der Waals surface area (Å²) in [4.78, 5) is 15.8. The molecule has 1 heterocycles. The van der Waals surface area contributed by atoms with Crippen LogP contribution in [0.4, 0.5) is 0 Å². The minimum absolute atomic E-state index is 0.210. The van der Waals surface area contributed by atoms with Gasteiger partial charge < -0.3 is 9.30 Å². The quantitative estimate of drug-likeness (QED) is 0.713. The zero-order valence-electron chi connectivity index (χ0n) is 9.78. The Balaban J connectivity index is 2.90. The Morgan fingerprint density at radius 1 is 1.60 bits per heavy atom. The number of nitrogens with zero attached hydrogens (tertiary/aromatic N) is 2. The summed E-state index contributed by atoms with van der Waals surface area (Å²) in [5, 5.41) is 0. The molecule has 0 saturated carbocycles. The maximum absolute atomic E-state index is 11.5. The normalized spacial score (nSPS) is 12.5. The van der Waals surface area contributed by atoms with Crippen molar-refractivity contribution in [1.82, 2.24) is 9.55 Å². The van der Waals surface area contributed by atoms with Crippen LogP contribution in [-0.2, 0) is 16.1 Å². The Morgan fingerprint density at radius 2 is 2.27 bits per heavy atom. The van der Waals surface area contributed by atoms with E-state index in [2.05, 4.69) is 4.98 Å². The summed E-state index contributed by atoms with van der Waals surface area (Å²) in [6.07, 6.45) is 1.79. The van der Waals surface area contributed by atoms with E-state index in [1.807, 2.05) is 32.3 Å². The highest BCUT2D eigenvalue weighted by Gasteiger charge is 2.21. The molecule has 0 bridgehead atoms. The number of aromatic nitrogens is 2. The van der Waals surface area contributed by atoms with Gasteiger partial charge in [0.25, 0.3) is 0 Å². The van der Waals surface area contributed by atoms with Crippen molar-refractivity contribution in [3.63, 3.8) is 0 Å². The van der Waals surface area contributed by atoms with Gasteiger partial charge in [-0.3, -0.25) is 4.79 Å². The van der Waals surface area contributed by atoms with Crippen LogP contribution in [0.15, 0.2) is 6.20 Å². The van der Waals surface area contributed by atoms with E-state index in [9.17, 15) is 4.79 Å². The van der Waals surface area contributed by atoms with E-state index in [-0.39, 0.29) is 11.9 Å². The van der Waals surface area contributed by atoms with Gasteiger partial charge in [0.05, 0.1) is 6.61 Å². The summed E-state index contributed by atoms with van der Waals surface area (Å²) in [5.41, 5.74) is 1.07. The number of imidazole rings is 1. The van der Waals surface area contributed by atoms with E-state index in [1.54, 1.807) is 6.20 Å². The molecule has 4 nitrogen and oxygen atoms in total. The number of ether oxygens (including phenoxy) is 1. The second-order valence-corrected chi connectivity index (χ2v) is 3.48. The van der Waals surface area contributed by atoms with Crippen LogP contribution in [0.2, 0.25) is 0 Å². The van der Waals surface area contributed by atoms with Crippen molar-refractivity contribution in [2.75, 3.05) is 6.61 Å². The lowest BCUT2D eigenvalue weighted by atomic mass is 10.1. The Morgan fingerprint density at radius 3 is 2.80 bits per heavy atom. The average molecular weight is 210 g/mol. The fourth-order valence-corrected chi connectivity index (χ4v) is 1.61. The Labute approximate surface area is 90.3 Å². The zero-order chi connectivity index (χ0) is 11.4. The highest BCUT2D eigenvalue weighted by Crippen LogP contribution is 2.17. The van der Waals surface area contributed by atoms with Crippen molar-refractivity contribution >= 4 is 5.97 Å². The van der Waals surface area contributed by atoms with E-state index < -0.39 is 0 Å². The second kappa shape index (κ2) is 4.96. The van der Waals surface area contributed by atoms with Gasteiger partial charge in [-0.1, -0.05) is 0 Å². The third-order valence-corrected chi connectivity index (χ3v) is 2.43. The largest absolute Gasteiger partial charge is 0.465 e. The molecule has 0 saturated heterocycles. The molecular formula is C11H18N2O2. The number of carbonyl (C=O) groups excluding carboxylic acids is 1. The van der Waals surface area contributed by atoms with Crippen LogP contribution in [0, 0.1) is 6.92 Å². The van der Waals surface area contributed by atoms with E-state index >= 15 is 0 Å². The minimum atomic E-state index is -0.293. The summed E-state index contributed by atoms with van der Waals surface area (Å²) >= 11 is 0. The van der Waals surface area contributed by atoms with Crippen LogP contribution in [0.5, 0.6) is 0 Å². The van der Waals surface area contributed by atoms with Gasteiger partial charge in [-0.05, 0) is 27.7 Å². The molecule has 15 heavy (non-hydrogen) atoms. The van der Waals surface area contributed by atoms with Crippen LogP contribution in [0.1, 0.15) is 38.2 Å². The van der Waals surface area contributed by atoms with Gasteiger partial charge >= 0.3 is 5.97 Å². The third-order valence-electron chi connectivity index (χ3n) is 2.43. The first-order chi connectivity index (χ1) is 7.11. The lowest BCUT2D eigenvalue weighted by Crippen LogP contribution is -2.17. The molecule has 0 aliphatic heterocycles. The van der Waals surface area contributed by atoms with Crippen molar-refractivity contribution in [1.29, 1.82) is 0 Å². The van der Waals surface area contributed by atoms with Crippen LogP contribution < -0.4 is 0 Å². The van der Waals surface area contributed by atoms with E-state index in [0.717, 1.165) is 18.1 Å². The summed E-state index contributed by atoms with van der Waals surface area (Å²) in [6, 6.07) is 0. The van der Waals surface area contributed by atoms with Gasteiger partial charge in [-0.25, -0.2) is 4.98 Å². The molecule has 0 radical (unpaired) electrons. The predicted octanol–water partition coefficient (Wildman–Crippen LogP) is 1.88. The van der Waals surface area contributed by atoms with Crippen molar-refractivity contribution in [3.8, 4) is 0 Å². The molecule has 0 spiro atoms. The lowest BCUT2D eigenvalue weighted by molar-refractivity contribution is -0.144. The van der Waals surface area contributed by atoms with Gasteiger partial charge in [0.15, 0.2) is 0 Å². The lowest BCUT2D eigenvalue weighted by Gasteiger charge is -2.12. The number of hydrogen-bond acceptors (Lipinski definition) is 3. The van der Waals surface area contributed by atoms with E-state index in [4.69, 9.17) is 4.74 Å². The minimum Gasteiger partial charge on any atom is -0.465 e. The molecule has 1 atom stereocenters. The summed E-state index contributed by atoms with van der Waals surface area (Å²) < 4.78 is 7.00. The molecule has 0 amide bonds. The molecule has 1 aromatic rings. The number of esters is 1. The fourth-order valence-electron chi connectivity index (χ4n) is 1.61. The molecule has 0 aromatic carbocycles. The Bertz CT molecular complexity index is 344. The molecule has 0 aliphatic carbocycles. The smallest absolute Gasteiger partial charge is 0.316 e. The monoisotopic (exact) mass is 210 g/mol. The number of aryl methyl sites for hydroxylation is 1. The Kier molecular flexibility index (Phi) is 3.88. The average Bonchev–Trinajstić information content (AvgIpc) is 2.58. The Hall–Kier alpha value is -1.32. The summed E-state index contributed by atoms with van der Waals surface area (Å²) in [7, 11) is 0. The first-order valence-corrected chi connectivity index (χ1v) is 5.30. The van der Waals surface area contributed by atoms with Crippen molar-refractivity contribution in [2.45, 2.75) is 40.2 Å². The van der Waals surface area contributed by atoms with Crippen molar-refractivity contribution in [2.24, 2.45) is 0 Å². The van der Waals surface area contributed by atoms with Crippen molar-refractivity contribution < 1.29 is 9.53 Å². The predicted molar refractivity (Wildman–Crippen MR) is 57.7 cm³/mol. The standard InChI is InChI=1S/C11H18N2O2/c1-5-13-8(3)7-12-10(13)9(4)11(14)15-6-2/h7,9H,5-6H2,1-4H3. The highest BCUT2D eigenvalue weighted by molar-refractivity contribution is 5.76. The third kappa shape index (κ3) is 2.37. The SMILES string of the molecule is CCOC(=O)C(C)c1ncc(C)n1CC. The van der Waals surface area contributed by atoms with Gasteiger partial charge in [-0.15, -0.1) is 0 Å². The molecule has 0 N–H and O–H groups in total. The molecule has 1 rings (SSSR count). The molecule has 1 aromatic heterocycles. The van der Waals surface area contributed by atoms with E-state index in [1.165, 1.54) is 0 Å². The van der Waals surface area contributed by atoms with E-state index in [0.29, 0.717) is 6.61 Å². The van der Waals surface area contributed by atoms with Crippen LogP contribution in [0.3, 0.4) is 0 Å². The van der Waals surface area contributed by atoms with Gasteiger partial charge in [-0.2, -0.15) is 0 Å². The first kappa shape index (κ1) is 11.8. The highest BCUT2D eigenvalue weighted by atomic mass is 16.5. The maximum atomic E-state index is 11.5. The molecule has 0 aliphatic rings. The van der Waals surface area contributed by atoms with Crippen molar-refractivity contribution in [3.05, 3.63) is 17.7 Å². The number of rotatable bonds is 4. The molecular weight excluding hydrogens is 192 g/mol. The molecule has 1 unspecified atom stereocenters. The van der Waals surface area contributed by atoms with Gasteiger partial charge in [0, 0.05) is 18.4 Å². The summed E-state index contributed by atoms with van der Waals surface area (Å²) in [6.45, 7) is 8.89. The zero-order valence-corrected chi connectivity index (χ0v) is 9.78. The topological polar surface area (TPSA) is 44.1 Å². The molecule has 4 heteroatoms. The number of carbonyl (C=O) groups is 1. The number of hydrogen-bond donors (Lipinski definition) is 0. The van der Waals surface area contributed by atoms with Crippen LogP contribution in [-0.4, -0.2) is 22.1 Å². The molecule has 84 valence electrons. The first-order valence-electron chi connectivity index (χ1n) is 5.30. The fraction of sp³-hybridized carbons (Fsp3) is 0.636.